The quantitative estimate of drug-likeness (QED) is 0.196. The first-order chi connectivity index (χ1) is 23.3. The number of nitrogens with zero attached hydrogens (tertiary/aromatic N) is 4. The van der Waals surface area contributed by atoms with Crippen molar-refractivity contribution in [1.82, 2.24) is 19.9 Å². The molecule has 0 saturated carbocycles. The van der Waals surface area contributed by atoms with Crippen LogP contribution in [0, 0.1) is 0 Å². The largest absolute Gasteiger partial charge is 0.438 e. The van der Waals surface area contributed by atoms with Gasteiger partial charge in [0.1, 0.15) is 5.58 Å². The maximum absolute atomic E-state index is 6.04. The Morgan fingerprint density at radius 2 is 0.872 bits per heavy atom. The molecule has 0 aliphatic heterocycles. The van der Waals surface area contributed by atoms with Crippen molar-refractivity contribution in [1.29, 1.82) is 0 Å². The molecule has 0 saturated heterocycles. The fourth-order valence-electron chi connectivity index (χ4n) is 6.39. The highest BCUT2D eigenvalue weighted by atomic mass is 16.3. The van der Waals surface area contributed by atoms with Crippen LogP contribution in [0.4, 0.5) is 0 Å². The van der Waals surface area contributed by atoms with Crippen LogP contribution < -0.4 is 0 Å². The van der Waals surface area contributed by atoms with E-state index in [1.54, 1.807) is 0 Å². The summed E-state index contributed by atoms with van der Waals surface area (Å²) >= 11 is 0. The van der Waals surface area contributed by atoms with Crippen molar-refractivity contribution in [3.05, 3.63) is 158 Å². The van der Waals surface area contributed by atoms with Crippen LogP contribution in [0.25, 0.3) is 89.3 Å². The van der Waals surface area contributed by atoms with E-state index in [1.807, 2.05) is 85.1 Å². The number of aromatic nitrogens is 4. The van der Waals surface area contributed by atoms with Crippen LogP contribution in [0.15, 0.2) is 162 Å². The maximum Gasteiger partial charge on any atom is 0.227 e. The van der Waals surface area contributed by atoms with Gasteiger partial charge in [-0.05, 0) is 51.2 Å². The number of furan rings is 1. The van der Waals surface area contributed by atoms with E-state index in [-0.39, 0.29) is 0 Å². The third-order valence-electron chi connectivity index (χ3n) is 8.65. The number of para-hydroxylation sites is 1. The molecule has 3 aromatic heterocycles. The standard InChI is InChI=1S/C42H26N4O/c1-3-11-29(12-4-1)39-44-40(30-13-5-2-6-14-30)46-41(45-39)35-24-23-31(33-15-7-8-16-34(33)35)27-19-21-28(22-20-27)32-25-26-43-42-38(32)36-17-9-10-18-37(36)47-42/h1-26H. The summed E-state index contributed by atoms with van der Waals surface area (Å²) in [5, 5.41) is 4.32. The highest BCUT2D eigenvalue weighted by Crippen LogP contribution is 2.38. The van der Waals surface area contributed by atoms with Gasteiger partial charge in [-0.3, -0.25) is 0 Å². The summed E-state index contributed by atoms with van der Waals surface area (Å²) in [6, 6.07) is 51.8. The van der Waals surface area contributed by atoms with Crippen molar-refractivity contribution in [2.75, 3.05) is 0 Å². The molecule has 220 valence electrons. The van der Waals surface area contributed by atoms with E-state index in [9.17, 15) is 0 Å². The molecule has 0 aliphatic rings. The molecule has 0 fully saturated rings. The number of hydrogen-bond acceptors (Lipinski definition) is 5. The highest BCUT2D eigenvalue weighted by Gasteiger charge is 2.17. The topological polar surface area (TPSA) is 64.7 Å². The first-order valence-corrected chi connectivity index (χ1v) is 15.6. The van der Waals surface area contributed by atoms with Gasteiger partial charge in [0.25, 0.3) is 0 Å². The van der Waals surface area contributed by atoms with Gasteiger partial charge in [-0.15, -0.1) is 0 Å². The van der Waals surface area contributed by atoms with Crippen LogP contribution in [0.3, 0.4) is 0 Å². The van der Waals surface area contributed by atoms with Gasteiger partial charge in [0, 0.05) is 28.3 Å². The normalized spacial score (nSPS) is 11.4. The van der Waals surface area contributed by atoms with Crippen LogP contribution in [0.5, 0.6) is 0 Å². The van der Waals surface area contributed by atoms with Crippen LogP contribution in [-0.4, -0.2) is 19.9 Å². The van der Waals surface area contributed by atoms with E-state index >= 15 is 0 Å². The average Bonchev–Trinajstić information content (AvgIpc) is 3.54. The molecule has 3 heterocycles. The molecule has 0 radical (unpaired) electrons. The van der Waals surface area contributed by atoms with E-state index in [0.717, 1.165) is 66.1 Å². The Bertz CT molecular complexity index is 2500. The van der Waals surface area contributed by atoms with E-state index in [0.29, 0.717) is 23.2 Å². The summed E-state index contributed by atoms with van der Waals surface area (Å²) in [5.74, 6) is 1.94. The molecule has 6 aromatic carbocycles. The van der Waals surface area contributed by atoms with Gasteiger partial charge >= 0.3 is 0 Å². The second-order valence-corrected chi connectivity index (χ2v) is 11.5. The van der Waals surface area contributed by atoms with E-state index in [4.69, 9.17) is 19.4 Å². The number of fused-ring (bicyclic) bond motifs is 4. The smallest absolute Gasteiger partial charge is 0.227 e. The van der Waals surface area contributed by atoms with Crippen LogP contribution in [0.1, 0.15) is 0 Å². The first-order valence-electron chi connectivity index (χ1n) is 15.6. The van der Waals surface area contributed by atoms with Crippen molar-refractivity contribution in [2.45, 2.75) is 0 Å². The summed E-state index contributed by atoms with van der Waals surface area (Å²) in [7, 11) is 0. The minimum atomic E-state index is 0.643. The predicted octanol–water partition coefficient (Wildman–Crippen LogP) is 10.7. The molecular formula is C42H26N4O. The average molecular weight is 603 g/mol. The fourth-order valence-corrected chi connectivity index (χ4v) is 6.39. The van der Waals surface area contributed by atoms with Crippen molar-refractivity contribution in [2.24, 2.45) is 0 Å². The van der Waals surface area contributed by atoms with E-state index < -0.39 is 0 Å². The first kappa shape index (κ1) is 26.9. The lowest BCUT2D eigenvalue weighted by molar-refractivity contribution is 0.654. The van der Waals surface area contributed by atoms with Crippen molar-refractivity contribution in [3.63, 3.8) is 0 Å². The highest BCUT2D eigenvalue weighted by molar-refractivity contribution is 6.11. The van der Waals surface area contributed by atoms with Gasteiger partial charge < -0.3 is 4.42 Å². The van der Waals surface area contributed by atoms with Gasteiger partial charge in [-0.2, -0.15) is 0 Å². The molecule has 0 spiro atoms. The number of rotatable bonds is 5. The van der Waals surface area contributed by atoms with Gasteiger partial charge in [0.15, 0.2) is 17.5 Å². The molecule has 0 amide bonds. The van der Waals surface area contributed by atoms with E-state index in [1.165, 1.54) is 0 Å². The molecule has 9 aromatic rings. The predicted molar refractivity (Wildman–Crippen MR) is 190 cm³/mol. The molecule has 5 nitrogen and oxygen atoms in total. The lowest BCUT2D eigenvalue weighted by atomic mass is 9.93. The van der Waals surface area contributed by atoms with Gasteiger partial charge in [-0.25, -0.2) is 19.9 Å². The Morgan fingerprint density at radius 3 is 1.53 bits per heavy atom. The Kier molecular flexibility index (Phi) is 6.39. The molecule has 0 bridgehead atoms. The summed E-state index contributed by atoms with van der Waals surface area (Å²) in [5.41, 5.74) is 8.84. The monoisotopic (exact) mass is 602 g/mol. The molecule has 0 N–H and O–H groups in total. The summed E-state index contributed by atoms with van der Waals surface area (Å²) in [6.07, 6.45) is 1.81. The van der Waals surface area contributed by atoms with Crippen molar-refractivity contribution < 1.29 is 4.42 Å². The van der Waals surface area contributed by atoms with Crippen LogP contribution in [0.2, 0.25) is 0 Å². The number of benzene rings is 6. The second kappa shape index (κ2) is 11.2. The Morgan fingerprint density at radius 1 is 0.362 bits per heavy atom. The van der Waals surface area contributed by atoms with Gasteiger partial charge in [-0.1, -0.05) is 133 Å². The minimum Gasteiger partial charge on any atom is -0.438 e. The van der Waals surface area contributed by atoms with Gasteiger partial charge in [0.05, 0.1) is 5.39 Å². The third kappa shape index (κ3) is 4.73. The molecule has 9 rings (SSSR count). The zero-order valence-corrected chi connectivity index (χ0v) is 25.2. The van der Waals surface area contributed by atoms with Crippen molar-refractivity contribution in [3.8, 4) is 56.4 Å². The van der Waals surface area contributed by atoms with E-state index in [2.05, 4.69) is 77.8 Å². The summed E-state index contributed by atoms with van der Waals surface area (Å²) in [4.78, 5) is 19.4. The summed E-state index contributed by atoms with van der Waals surface area (Å²) in [6.45, 7) is 0. The lowest BCUT2D eigenvalue weighted by Gasteiger charge is -2.13. The lowest BCUT2D eigenvalue weighted by Crippen LogP contribution is -2.00. The Balaban J connectivity index is 1.16. The molecular weight excluding hydrogens is 576 g/mol. The number of hydrogen-bond donors (Lipinski definition) is 0. The fraction of sp³-hybridized carbons (Fsp3) is 0. The Labute approximate surface area is 270 Å². The molecule has 5 heteroatoms. The number of pyridine rings is 1. The maximum atomic E-state index is 6.04. The second-order valence-electron chi connectivity index (χ2n) is 11.5. The van der Waals surface area contributed by atoms with Crippen LogP contribution in [-0.2, 0) is 0 Å². The van der Waals surface area contributed by atoms with Crippen LogP contribution >= 0.6 is 0 Å². The molecule has 47 heavy (non-hydrogen) atoms. The molecule has 0 aliphatic carbocycles. The SMILES string of the molecule is c1ccc(-c2nc(-c3ccccc3)nc(-c3ccc(-c4ccc(-c5ccnc6oc7ccccc7c56)cc4)c4ccccc34)n2)cc1. The van der Waals surface area contributed by atoms with Gasteiger partial charge in [0.2, 0.25) is 5.71 Å². The zero-order chi connectivity index (χ0) is 31.2. The summed E-state index contributed by atoms with van der Waals surface area (Å²) < 4.78 is 6.04. The molecule has 0 unspecified atom stereocenters. The van der Waals surface area contributed by atoms with Crippen molar-refractivity contribution >= 4 is 32.8 Å². The zero-order valence-electron chi connectivity index (χ0n) is 25.2. The molecule has 0 atom stereocenters. The Hall–Kier alpha value is -6.46. The third-order valence-corrected chi connectivity index (χ3v) is 8.65. The minimum absolute atomic E-state index is 0.643.